The number of amides is 2. The molecule has 4 N–H and O–H groups in total. The molecule has 0 heterocycles. The second kappa shape index (κ2) is 9.76. The summed E-state index contributed by atoms with van der Waals surface area (Å²) in [5.41, 5.74) is 7.32. The molecule has 3 rings (SSSR count). The largest absolute Gasteiger partial charge is 0.497 e. The summed E-state index contributed by atoms with van der Waals surface area (Å²) in [4.78, 5) is 24.9. The molecule has 30 heavy (non-hydrogen) atoms. The minimum absolute atomic E-state index is 0.145. The van der Waals surface area contributed by atoms with Gasteiger partial charge >= 0.3 is 0 Å². The summed E-state index contributed by atoms with van der Waals surface area (Å²) >= 11 is 0. The van der Waals surface area contributed by atoms with Crippen molar-refractivity contribution < 1.29 is 14.3 Å². The molecule has 3 atom stereocenters. The summed E-state index contributed by atoms with van der Waals surface area (Å²) in [6.45, 7) is 1.98. The average Bonchev–Trinajstić information content (AvgIpc) is 3.39. The lowest BCUT2D eigenvalue weighted by Gasteiger charge is -2.19. The van der Waals surface area contributed by atoms with E-state index in [0.29, 0.717) is 18.5 Å². The molecule has 2 aliphatic carbocycles. The Morgan fingerprint density at radius 1 is 1.30 bits per heavy atom. The summed E-state index contributed by atoms with van der Waals surface area (Å²) in [6.07, 6.45) is 14.1. The molecule has 160 valence electrons. The lowest BCUT2D eigenvalue weighted by atomic mass is 9.99. The summed E-state index contributed by atoms with van der Waals surface area (Å²) in [5, 5.41) is 5.84. The molecular weight excluding hydrogens is 378 g/mol. The quantitative estimate of drug-likeness (QED) is 0.545. The van der Waals surface area contributed by atoms with Crippen LogP contribution < -0.4 is 21.1 Å². The van der Waals surface area contributed by atoms with Crippen molar-refractivity contribution in [2.24, 2.45) is 11.7 Å². The fourth-order valence-corrected chi connectivity index (χ4v) is 3.52. The van der Waals surface area contributed by atoms with Gasteiger partial charge in [0.25, 0.3) is 0 Å². The van der Waals surface area contributed by atoms with Crippen molar-refractivity contribution in [1.82, 2.24) is 5.32 Å². The lowest BCUT2D eigenvalue weighted by Crippen LogP contribution is -2.47. The minimum atomic E-state index is -0.776. The highest BCUT2D eigenvalue weighted by Gasteiger charge is 2.54. The van der Waals surface area contributed by atoms with Crippen LogP contribution in [0.3, 0.4) is 0 Å². The van der Waals surface area contributed by atoms with Crippen molar-refractivity contribution in [2.45, 2.75) is 50.6 Å². The highest BCUT2D eigenvalue weighted by atomic mass is 16.5. The molecule has 0 aromatic heterocycles. The zero-order valence-electron chi connectivity index (χ0n) is 17.7. The maximum atomic E-state index is 12.6. The molecule has 0 aliphatic heterocycles. The number of carbonyl (C=O) groups excluding carboxylic acids is 2. The summed E-state index contributed by atoms with van der Waals surface area (Å²) in [7, 11) is 1.60. The molecule has 2 unspecified atom stereocenters. The van der Waals surface area contributed by atoms with E-state index in [1.807, 2.05) is 6.92 Å². The van der Waals surface area contributed by atoms with E-state index >= 15 is 0 Å². The van der Waals surface area contributed by atoms with E-state index in [1.54, 1.807) is 37.5 Å². The molecule has 6 nitrogen and oxygen atoms in total. The van der Waals surface area contributed by atoms with Gasteiger partial charge in [0.15, 0.2) is 0 Å². The highest BCUT2D eigenvalue weighted by molar-refractivity contribution is 5.99. The smallest absolute Gasteiger partial charge is 0.248 e. The summed E-state index contributed by atoms with van der Waals surface area (Å²) in [6, 6.07) is 6.86. The van der Waals surface area contributed by atoms with E-state index in [1.165, 1.54) is 11.6 Å². The zero-order chi connectivity index (χ0) is 21.6. The number of nitrogens with two attached hydrogens (primary N) is 1. The van der Waals surface area contributed by atoms with E-state index in [9.17, 15) is 9.59 Å². The third-order valence-corrected chi connectivity index (χ3v) is 5.76. The third kappa shape index (κ3) is 5.83. The van der Waals surface area contributed by atoms with Crippen LogP contribution in [0.1, 0.15) is 39.0 Å². The zero-order valence-corrected chi connectivity index (χ0v) is 17.7. The first-order valence-corrected chi connectivity index (χ1v) is 10.5. The van der Waals surface area contributed by atoms with Crippen molar-refractivity contribution in [3.63, 3.8) is 0 Å². The molecule has 2 amide bonds. The van der Waals surface area contributed by atoms with Gasteiger partial charge in [0.2, 0.25) is 11.8 Å². The number of benzene rings is 1. The maximum Gasteiger partial charge on any atom is 0.248 e. The molecule has 1 aromatic carbocycles. The van der Waals surface area contributed by atoms with Gasteiger partial charge in [-0.15, -0.1) is 0 Å². The highest BCUT2D eigenvalue weighted by Crippen LogP contribution is 2.40. The van der Waals surface area contributed by atoms with Gasteiger partial charge in [-0.05, 0) is 62.3 Å². The molecule has 0 bridgehead atoms. The Kier molecular flexibility index (Phi) is 7.11. The second-order valence-corrected chi connectivity index (χ2v) is 8.10. The number of ether oxygens (including phenoxy) is 1. The fraction of sp³-hybridized carbons (Fsp3) is 0.417. The molecule has 6 heteroatoms. The number of rotatable bonds is 9. The predicted molar refractivity (Wildman–Crippen MR) is 119 cm³/mol. The standard InChI is InChI=1S/C24H31N3O3/c1-17-16-24(17,25)23(29)27-20(9-8-18-6-4-3-5-7-18)12-15-22(28)26-19-10-13-21(30-2)14-11-19/h4,6-7,10-15,17,20H,3,5,8-9,16,25H2,1-2H3,(H,26,28)(H,27,29)/b15-12+/t17?,20-,24?/m0/s1. The SMILES string of the molecule is COc1ccc(NC(=O)/C=C/[C@H](CCC2=CCCC=C2)NC(=O)C2(N)CC2C)cc1. The molecule has 1 aromatic rings. The summed E-state index contributed by atoms with van der Waals surface area (Å²) < 4.78 is 5.12. The molecule has 1 fully saturated rings. The Labute approximate surface area is 178 Å². The van der Waals surface area contributed by atoms with Gasteiger partial charge in [-0.3, -0.25) is 9.59 Å². The van der Waals surface area contributed by atoms with E-state index in [0.717, 1.165) is 25.0 Å². The molecule has 0 saturated heterocycles. The van der Waals surface area contributed by atoms with E-state index < -0.39 is 5.54 Å². The van der Waals surface area contributed by atoms with Crippen LogP contribution in [0.15, 0.2) is 60.2 Å². The van der Waals surface area contributed by atoms with Gasteiger partial charge in [-0.1, -0.05) is 36.8 Å². The number of nitrogens with one attached hydrogen (secondary N) is 2. The normalized spacial score (nSPS) is 23.6. The molecular formula is C24H31N3O3. The second-order valence-electron chi connectivity index (χ2n) is 8.10. The van der Waals surface area contributed by atoms with Gasteiger partial charge in [0, 0.05) is 17.8 Å². The topological polar surface area (TPSA) is 93.5 Å². The van der Waals surface area contributed by atoms with Crippen molar-refractivity contribution >= 4 is 17.5 Å². The molecule has 0 radical (unpaired) electrons. The average molecular weight is 410 g/mol. The van der Waals surface area contributed by atoms with Gasteiger partial charge in [0.05, 0.1) is 12.6 Å². The maximum absolute atomic E-state index is 12.6. The number of methoxy groups -OCH3 is 1. The minimum Gasteiger partial charge on any atom is -0.497 e. The molecule has 0 spiro atoms. The van der Waals surface area contributed by atoms with Gasteiger partial charge in [0.1, 0.15) is 5.75 Å². The number of carbonyl (C=O) groups is 2. The van der Waals surface area contributed by atoms with E-state index in [2.05, 4.69) is 28.9 Å². The fourth-order valence-electron chi connectivity index (χ4n) is 3.52. The van der Waals surface area contributed by atoms with Crippen molar-refractivity contribution in [1.29, 1.82) is 0 Å². The first kappa shape index (κ1) is 21.8. The van der Waals surface area contributed by atoms with Crippen molar-refractivity contribution in [3.8, 4) is 5.75 Å². The lowest BCUT2D eigenvalue weighted by molar-refractivity contribution is -0.124. The molecule has 1 saturated carbocycles. The van der Waals surface area contributed by atoms with Gasteiger partial charge in [-0.2, -0.15) is 0 Å². The first-order chi connectivity index (χ1) is 14.4. The Morgan fingerprint density at radius 3 is 2.63 bits per heavy atom. The van der Waals surface area contributed by atoms with Crippen molar-refractivity contribution in [2.75, 3.05) is 12.4 Å². The Hall–Kier alpha value is -2.86. The van der Waals surface area contributed by atoms with Crippen LogP contribution in [-0.2, 0) is 9.59 Å². The van der Waals surface area contributed by atoms with E-state index in [-0.39, 0.29) is 23.8 Å². The monoisotopic (exact) mass is 409 g/mol. The van der Waals surface area contributed by atoms with Gasteiger partial charge in [-0.25, -0.2) is 0 Å². The Balaban J connectivity index is 1.60. The van der Waals surface area contributed by atoms with Crippen LogP contribution in [-0.4, -0.2) is 30.5 Å². The summed E-state index contributed by atoms with van der Waals surface area (Å²) in [5.74, 6) is 0.513. The number of allylic oxidation sites excluding steroid dienone is 4. The molecule has 2 aliphatic rings. The van der Waals surface area contributed by atoms with E-state index in [4.69, 9.17) is 10.5 Å². The van der Waals surface area contributed by atoms with Crippen LogP contribution in [0.25, 0.3) is 0 Å². The van der Waals surface area contributed by atoms with Crippen LogP contribution in [0.5, 0.6) is 5.75 Å². The first-order valence-electron chi connectivity index (χ1n) is 10.5. The van der Waals surface area contributed by atoms with Crippen LogP contribution in [0.2, 0.25) is 0 Å². The third-order valence-electron chi connectivity index (χ3n) is 5.76. The van der Waals surface area contributed by atoms with Crippen LogP contribution in [0, 0.1) is 5.92 Å². The Bertz CT molecular complexity index is 857. The predicted octanol–water partition coefficient (Wildman–Crippen LogP) is 3.47. The Morgan fingerprint density at radius 2 is 2.03 bits per heavy atom. The number of hydrogen-bond donors (Lipinski definition) is 3. The van der Waals surface area contributed by atoms with Crippen LogP contribution >= 0.6 is 0 Å². The number of hydrogen-bond acceptors (Lipinski definition) is 4. The van der Waals surface area contributed by atoms with Crippen molar-refractivity contribution in [3.05, 3.63) is 60.2 Å². The van der Waals surface area contributed by atoms with Crippen LogP contribution in [0.4, 0.5) is 5.69 Å². The number of anilines is 1. The van der Waals surface area contributed by atoms with Gasteiger partial charge < -0.3 is 21.1 Å².